The Morgan fingerprint density at radius 2 is 2.20 bits per heavy atom. The molecule has 0 spiro atoms. The highest BCUT2D eigenvalue weighted by Gasteiger charge is 2.12. The molecule has 10 heavy (non-hydrogen) atoms. The first kappa shape index (κ1) is 9.77. The highest BCUT2D eigenvalue weighted by atomic mass is 32.3. The van der Waals surface area contributed by atoms with E-state index >= 15 is 0 Å². The maximum atomic E-state index is 13.1. The number of unbranched alkanes of at least 4 members (excludes halogenated alkanes) is 1. The summed E-state index contributed by atoms with van der Waals surface area (Å²) in [5.41, 5.74) is 0. The smallest absolute Gasteiger partial charge is 0.0622 e. The fourth-order valence-corrected chi connectivity index (χ4v) is 1.63. The average molecular weight is 163 g/mol. The summed E-state index contributed by atoms with van der Waals surface area (Å²) >= 11 is 0. The molecule has 0 saturated carbocycles. The Kier molecular flexibility index (Phi) is 4.46. The van der Waals surface area contributed by atoms with Crippen LogP contribution >= 0.6 is 10.4 Å². The van der Waals surface area contributed by atoms with Gasteiger partial charge in [-0.2, -0.15) is 9.15 Å². The number of rotatable bonds is 4. The predicted molar refractivity (Wildman–Crippen MR) is 44.9 cm³/mol. The molecule has 0 aromatic heterocycles. The Balaban J connectivity index is 3.39. The van der Waals surface area contributed by atoms with Crippen molar-refractivity contribution < 1.29 is 3.89 Å². The number of hydrogen-bond donors (Lipinski definition) is 0. The van der Waals surface area contributed by atoms with Gasteiger partial charge in [0, 0.05) is 17.9 Å². The fraction of sp³-hybridized carbons (Fsp3) is 0.857. The maximum Gasteiger partial charge on any atom is 0.0622 e. The summed E-state index contributed by atoms with van der Waals surface area (Å²) in [6.07, 6.45) is 2.88. The molecule has 60 valence electrons. The van der Waals surface area contributed by atoms with Crippen molar-refractivity contribution in [2.24, 2.45) is 0 Å². The molecule has 0 bridgehead atoms. The van der Waals surface area contributed by atoms with E-state index < -0.39 is 10.4 Å². The van der Waals surface area contributed by atoms with E-state index in [0.29, 0.717) is 24.3 Å². The molecule has 0 radical (unpaired) electrons. The van der Waals surface area contributed by atoms with Crippen molar-refractivity contribution in [1.29, 1.82) is 5.26 Å². The lowest BCUT2D eigenvalue weighted by Crippen LogP contribution is -1.98. The molecule has 1 nitrogen and oxygen atoms in total. The third-order valence-corrected chi connectivity index (χ3v) is 3.80. The Morgan fingerprint density at radius 3 is 2.60 bits per heavy atom. The zero-order valence-corrected chi connectivity index (χ0v) is 7.38. The molecule has 0 fully saturated rings. The predicted octanol–water partition coefficient (Wildman–Crippen LogP) is 2.63. The van der Waals surface area contributed by atoms with Crippen molar-refractivity contribution in [3.63, 3.8) is 0 Å². The molecule has 0 rings (SSSR count). The van der Waals surface area contributed by atoms with Crippen LogP contribution in [0.25, 0.3) is 0 Å². The first-order valence-corrected chi connectivity index (χ1v) is 5.70. The minimum Gasteiger partial charge on any atom is -0.198 e. The van der Waals surface area contributed by atoms with Crippen molar-refractivity contribution in [2.45, 2.75) is 19.8 Å². The van der Waals surface area contributed by atoms with Gasteiger partial charge in [0.15, 0.2) is 0 Å². The summed E-state index contributed by atoms with van der Waals surface area (Å²) in [4.78, 5) is 0. The van der Waals surface area contributed by atoms with Crippen molar-refractivity contribution in [1.82, 2.24) is 0 Å². The fourth-order valence-electron chi connectivity index (χ4n) is 0.597. The summed E-state index contributed by atoms with van der Waals surface area (Å²) in [5.74, 6) is 1.22. The molecular formula is C7H14FNS. The first-order chi connectivity index (χ1) is 4.62. The molecule has 0 aromatic carbocycles. The van der Waals surface area contributed by atoms with Crippen molar-refractivity contribution >= 4 is 10.4 Å². The lowest BCUT2D eigenvalue weighted by atomic mass is 10.4. The van der Waals surface area contributed by atoms with Crippen LogP contribution in [0, 0.1) is 11.3 Å². The molecule has 0 aromatic rings. The highest BCUT2D eigenvalue weighted by Crippen LogP contribution is 2.45. The molecule has 1 unspecified atom stereocenters. The summed E-state index contributed by atoms with van der Waals surface area (Å²) in [6, 6.07) is 2.01. The van der Waals surface area contributed by atoms with Gasteiger partial charge in [0.2, 0.25) is 0 Å². The number of nitriles is 1. The topological polar surface area (TPSA) is 23.8 Å². The van der Waals surface area contributed by atoms with E-state index in [9.17, 15) is 3.89 Å². The highest BCUT2D eigenvalue weighted by molar-refractivity contribution is 8.29. The van der Waals surface area contributed by atoms with Crippen LogP contribution in [0.15, 0.2) is 0 Å². The van der Waals surface area contributed by atoms with Crippen molar-refractivity contribution in [3.05, 3.63) is 0 Å². The second-order valence-electron chi connectivity index (χ2n) is 2.41. The van der Waals surface area contributed by atoms with Crippen molar-refractivity contribution in [3.8, 4) is 6.07 Å². The number of halogens is 1. The van der Waals surface area contributed by atoms with Crippen LogP contribution in [-0.4, -0.2) is 17.8 Å². The molecule has 0 aliphatic rings. The van der Waals surface area contributed by atoms with E-state index in [4.69, 9.17) is 5.26 Å². The van der Waals surface area contributed by atoms with Gasteiger partial charge < -0.3 is 0 Å². The molecule has 0 aliphatic carbocycles. The van der Waals surface area contributed by atoms with E-state index in [2.05, 4.69) is 0 Å². The standard InChI is InChI=1S/C7H14FNS/c1-3-10(2,8)7-5-4-6-9/h3-5,7H2,1-2H3. The third kappa shape index (κ3) is 4.63. The van der Waals surface area contributed by atoms with Crippen LogP contribution in [0.3, 0.4) is 0 Å². The molecular weight excluding hydrogens is 149 g/mol. The summed E-state index contributed by atoms with van der Waals surface area (Å²) in [6.45, 7) is 1.86. The van der Waals surface area contributed by atoms with Crippen LogP contribution in [-0.2, 0) is 0 Å². The van der Waals surface area contributed by atoms with Gasteiger partial charge in [0.1, 0.15) is 0 Å². The van der Waals surface area contributed by atoms with Gasteiger partial charge in [0.05, 0.1) is 6.07 Å². The third-order valence-electron chi connectivity index (χ3n) is 1.46. The van der Waals surface area contributed by atoms with Crippen LogP contribution in [0.5, 0.6) is 0 Å². The van der Waals surface area contributed by atoms with E-state index in [0.717, 1.165) is 0 Å². The zero-order valence-electron chi connectivity index (χ0n) is 6.56. The lowest BCUT2D eigenvalue weighted by Gasteiger charge is -2.22. The lowest BCUT2D eigenvalue weighted by molar-refractivity contribution is 0.861. The van der Waals surface area contributed by atoms with Crippen LogP contribution in [0.4, 0.5) is 3.89 Å². The maximum absolute atomic E-state index is 13.1. The number of hydrogen-bond acceptors (Lipinski definition) is 1. The monoisotopic (exact) mass is 163 g/mol. The molecule has 1 atom stereocenters. The van der Waals surface area contributed by atoms with Gasteiger partial charge in [-0.1, -0.05) is 17.3 Å². The molecule has 0 heterocycles. The van der Waals surface area contributed by atoms with Crippen molar-refractivity contribution in [2.75, 3.05) is 17.8 Å². The SMILES string of the molecule is CCS(C)(F)CCCC#N. The summed E-state index contributed by atoms with van der Waals surface area (Å²) in [7, 11) is -1.84. The minimum absolute atomic E-state index is 0.493. The molecule has 3 heteroatoms. The Labute approximate surface area is 63.8 Å². The molecule has 0 saturated heterocycles. The van der Waals surface area contributed by atoms with Gasteiger partial charge in [-0.05, 0) is 12.7 Å². The average Bonchev–Trinajstić information content (AvgIpc) is 1.89. The summed E-state index contributed by atoms with van der Waals surface area (Å²) < 4.78 is 13.1. The van der Waals surface area contributed by atoms with E-state index in [-0.39, 0.29) is 0 Å². The van der Waals surface area contributed by atoms with E-state index in [1.165, 1.54) is 0 Å². The van der Waals surface area contributed by atoms with Crippen LogP contribution < -0.4 is 0 Å². The second-order valence-corrected chi connectivity index (χ2v) is 5.70. The zero-order chi connectivity index (χ0) is 8.04. The first-order valence-electron chi connectivity index (χ1n) is 3.42. The summed E-state index contributed by atoms with van der Waals surface area (Å²) in [5, 5.41) is 8.17. The minimum atomic E-state index is -1.84. The quantitative estimate of drug-likeness (QED) is 0.584. The Bertz CT molecular complexity index is 128. The normalized spacial score (nSPS) is 19.0. The van der Waals surface area contributed by atoms with E-state index in [1.807, 2.05) is 13.0 Å². The van der Waals surface area contributed by atoms with Gasteiger partial charge in [-0.15, -0.1) is 0 Å². The largest absolute Gasteiger partial charge is 0.198 e. The number of nitrogens with zero attached hydrogens (tertiary/aromatic N) is 1. The second kappa shape index (κ2) is 4.56. The van der Waals surface area contributed by atoms with Gasteiger partial charge in [-0.25, -0.2) is 0 Å². The van der Waals surface area contributed by atoms with E-state index in [1.54, 1.807) is 6.26 Å². The molecule has 0 N–H and O–H groups in total. The molecule has 0 aliphatic heterocycles. The Hall–Kier alpha value is -0.230. The molecule has 0 amide bonds. The van der Waals surface area contributed by atoms with Gasteiger partial charge in [-0.3, -0.25) is 0 Å². The Morgan fingerprint density at radius 1 is 1.60 bits per heavy atom. The van der Waals surface area contributed by atoms with Gasteiger partial charge in [0.25, 0.3) is 0 Å². The van der Waals surface area contributed by atoms with Gasteiger partial charge >= 0.3 is 0 Å². The van der Waals surface area contributed by atoms with Crippen LogP contribution in [0.1, 0.15) is 19.8 Å². The van der Waals surface area contributed by atoms with Crippen LogP contribution in [0.2, 0.25) is 0 Å².